The lowest BCUT2D eigenvalue weighted by Gasteiger charge is -2.23. The number of hydrogen-bond acceptors (Lipinski definition) is 3. The first kappa shape index (κ1) is 14.7. The van der Waals surface area contributed by atoms with Crippen molar-refractivity contribution >= 4 is 17.5 Å². The molecule has 0 aromatic heterocycles. The van der Waals surface area contributed by atoms with E-state index >= 15 is 0 Å². The third-order valence-corrected chi connectivity index (χ3v) is 4.86. The molecule has 1 aromatic rings. The zero-order valence-corrected chi connectivity index (χ0v) is 12.8. The molecule has 4 unspecified atom stereocenters. The van der Waals surface area contributed by atoms with Crippen molar-refractivity contribution in [3.05, 3.63) is 29.3 Å². The minimum Gasteiger partial charge on any atom is -0.481 e. The second-order valence-electron chi connectivity index (χ2n) is 6.03. The summed E-state index contributed by atoms with van der Waals surface area (Å²) < 4.78 is 5.68. The Morgan fingerprint density at radius 3 is 2.71 bits per heavy atom. The highest BCUT2D eigenvalue weighted by atomic mass is 35.5. The topological polar surface area (TPSA) is 49.8 Å². The third-order valence-electron chi connectivity index (χ3n) is 4.60. The van der Waals surface area contributed by atoms with E-state index < -0.39 is 6.10 Å². The van der Waals surface area contributed by atoms with E-state index in [-0.39, 0.29) is 17.9 Å². The summed E-state index contributed by atoms with van der Waals surface area (Å²) in [4.78, 5) is 14.3. The predicted octanol–water partition coefficient (Wildman–Crippen LogP) is 2.34. The van der Waals surface area contributed by atoms with Crippen molar-refractivity contribution in [2.75, 3.05) is 13.1 Å². The number of nitrogens with zero attached hydrogens (tertiary/aromatic N) is 1. The van der Waals surface area contributed by atoms with E-state index in [2.05, 4.69) is 0 Å². The summed E-state index contributed by atoms with van der Waals surface area (Å²) >= 11 is 5.83. The van der Waals surface area contributed by atoms with Crippen molar-refractivity contribution in [3.63, 3.8) is 0 Å². The van der Waals surface area contributed by atoms with Gasteiger partial charge in [0.2, 0.25) is 0 Å². The van der Waals surface area contributed by atoms with Gasteiger partial charge in [0.15, 0.2) is 6.10 Å². The van der Waals surface area contributed by atoms with Crippen LogP contribution in [0.1, 0.15) is 19.8 Å². The van der Waals surface area contributed by atoms with Crippen molar-refractivity contribution in [1.82, 2.24) is 4.90 Å². The average molecular weight is 310 g/mol. The second kappa shape index (κ2) is 5.85. The number of carbonyl (C=O) groups excluding carboxylic acids is 1. The van der Waals surface area contributed by atoms with Crippen LogP contribution in [-0.4, -0.2) is 41.2 Å². The molecule has 1 saturated heterocycles. The molecule has 0 radical (unpaired) electrons. The maximum Gasteiger partial charge on any atom is 0.263 e. The lowest BCUT2D eigenvalue weighted by atomic mass is 10.00. The predicted molar refractivity (Wildman–Crippen MR) is 80.3 cm³/mol. The van der Waals surface area contributed by atoms with E-state index in [1.807, 2.05) is 4.90 Å². The van der Waals surface area contributed by atoms with Gasteiger partial charge in [-0.3, -0.25) is 4.79 Å². The van der Waals surface area contributed by atoms with Crippen LogP contribution in [0.3, 0.4) is 0 Å². The number of carbonyl (C=O) groups is 1. The number of rotatable bonds is 3. The third kappa shape index (κ3) is 3.01. The lowest BCUT2D eigenvalue weighted by molar-refractivity contribution is -0.137. The first-order valence-corrected chi connectivity index (χ1v) is 7.81. The Morgan fingerprint density at radius 1 is 1.33 bits per heavy atom. The summed E-state index contributed by atoms with van der Waals surface area (Å²) in [6, 6.07) is 7.00. The maximum absolute atomic E-state index is 12.4. The fourth-order valence-electron chi connectivity index (χ4n) is 3.44. The largest absolute Gasteiger partial charge is 0.481 e. The van der Waals surface area contributed by atoms with Crippen LogP contribution in [0.15, 0.2) is 24.3 Å². The molecular weight excluding hydrogens is 290 g/mol. The van der Waals surface area contributed by atoms with Crippen LogP contribution in [-0.2, 0) is 4.79 Å². The monoisotopic (exact) mass is 309 g/mol. The Kier molecular flexibility index (Phi) is 4.09. The summed E-state index contributed by atoms with van der Waals surface area (Å²) in [7, 11) is 0. The highest BCUT2D eigenvalue weighted by Gasteiger charge is 2.44. The van der Waals surface area contributed by atoms with E-state index in [9.17, 15) is 9.90 Å². The highest BCUT2D eigenvalue weighted by Crippen LogP contribution is 2.38. The van der Waals surface area contributed by atoms with Crippen molar-refractivity contribution < 1.29 is 14.6 Å². The zero-order chi connectivity index (χ0) is 15.0. The molecule has 3 rings (SSSR count). The number of benzene rings is 1. The van der Waals surface area contributed by atoms with E-state index in [0.29, 0.717) is 23.2 Å². The normalized spacial score (nSPS) is 29.3. The molecule has 1 aromatic carbocycles. The number of amides is 1. The molecular formula is C16H20ClNO3. The van der Waals surface area contributed by atoms with Gasteiger partial charge in [-0.1, -0.05) is 11.6 Å². The maximum atomic E-state index is 12.4. The van der Waals surface area contributed by atoms with Crippen molar-refractivity contribution in [1.29, 1.82) is 0 Å². The minimum atomic E-state index is -0.526. The molecule has 1 aliphatic carbocycles. The summed E-state index contributed by atoms with van der Waals surface area (Å²) in [5, 5.41) is 10.6. The molecule has 4 nitrogen and oxygen atoms in total. The van der Waals surface area contributed by atoms with Crippen LogP contribution >= 0.6 is 11.6 Å². The minimum absolute atomic E-state index is 0.00782. The molecule has 4 atom stereocenters. The molecule has 1 aliphatic heterocycles. The van der Waals surface area contributed by atoms with Gasteiger partial charge in [-0.25, -0.2) is 0 Å². The standard InChI is InChI=1S/C16H20ClNO3/c1-10(21-13-5-3-12(17)4-6-13)16(20)18-8-11-2-7-15(19)14(11)9-18/h3-6,10-11,14-15,19H,2,7-9H2,1H3. The molecule has 2 aliphatic rings. The second-order valence-corrected chi connectivity index (χ2v) is 6.46. The molecule has 2 fully saturated rings. The molecule has 114 valence electrons. The van der Waals surface area contributed by atoms with Crippen LogP contribution < -0.4 is 4.74 Å². The zero-order valence-electron chi connectivity index (χ0n) is 12.0. The molecule has 1 N–H and O–H groups in total. The highest BCUT2D eigenvalue weighted by molar-refractivity contribution is 6.30. The molecule has 0 spiro atoms. The first-order chi connectivity index (χ1) is 10.0. The van der Waals surface area contributed by atoms with Crippen molar-refractivity contribution in [2.45, 2.75) is 32.0 Å². The van der Waals surface area contributed by atoms with Crippen LogP contribution in [0.25, 0.3) is 0 Å². The Hall–Kier alpha value is -1.26. The quantitative estimate of drug-likeness (QED) is 0.932. The van der Waals surface area contributed by atoms with E-state index in [1.165, 1.54) is 0 Å². The van der Waals surface area contributed by atoms with Crippen LogP contribution in [0.4, 0.5) is 0 Å². The molecule has 1 amide bonds. The number of fused-ring (bicyclic) bond motifs is 1. The van der Waals surface area contributed by atoms with Crippen molar-refractivity contribution in [3.8, 4) is 5.75 Å². The lowest BCUT2D eigenvalue weighted by Crippen LogP contribution is -2.40. The van der Waals surface area contributed by atoms with Crippen LogP contribution in [0, 0.1) is 11.8 Å². The van der Waals surface area contributed by atoms with Gasteiger partial charge in [0.05, 0.1) is 6.10 Å². The number of likely N-dealkylation sites (tertiary alicyclic amines) is 1. The molecule has 5 heteroatoms. The van der Waals surface area contributed by atoms with E-state index in [4.69, 9.17) is 16.3 Å². The van der Waals surface area contributed by atoms with Crippen LogP contribution in [0.5, 0.6) is 5.75 Å². The molecule has 21 heavy (non-hydrogen) atoms. The Labute approximate surface area is 129 Å². The Bertz CT molecular complexity index is 519. The number of halogens is 1. The number of ether oxygens (including phenoxy) is 1. The van der Waals surface area contributed by atoms with E-state index in [0.717, 1.165) is 19.4 Å². The Balaban J connectivity index is 1.59. The van der Waals surface area contributed by atoms with Crippen LogP contribution in [0.2, 0.25) is 5.02 Å². The number of aliphatic hydroxyl groups excluding tert-OH is 1. The summed E-state index contributed by atoms with van der Waals surface area (Å²) in [5.41, 5.74) is 0. The first-order valence-electron chi connectivity index (χ1n) is 7.43. The van der Waals surface area contributed by atoms with Gasteiger partial charge >= 0.3 is 0 Å². The fraction of sp³-hybridized carbons (Fsp3) is 0.562. The van der Waals surface area contributed by atoms with Gasteiger partial charge in [-0.2, -0.15) is 0 Å². The summed E-state index contributed by atoms with van der Waals surface area (Å²) in [6.45, 7) is 3.16. The van der Waals surface area contributed by atoms with Gasteiger partial charge in [-0.05, 0) is 49.9 Å². The van der Waals surface area contributed by atoms with Gasteiger partial charge in [0.1, 0.15) is 5.75 Å². The number of aliphatic hydroxyl groups is 1. The van der Waals surface area contributed by atoms with Gasteiger partial charge in [0, 0.05) is 24.0 Å². The smallest absolute Gasteiger partial charge is 0.263 e. The number of hydrogen-bond donors (Lipinski definition) is 1. The SMILES string of the molecule is CC(Oc1ccc(Cl)cc1)C(=O)N1CC2CCC(O)C2C1. The molecule has 0 bridgehead atoms. The molecule has 1 saturated carbocycles. The average Bonchev–Trinajstić information content (AvgIpc) is 3.03. The summed E-state index contributed by atoms with van der Waals surface area (Å²) in [6.07, 6.45) is 1.11. The van der Waals surface area contributed by atoms with Crippen molar-refractivity contribution in [2.24, 2.45) is 11.8 Å². The van der Waals surface area contributed by atoms with Gasteiger partial charge < -0.3 is 14.7 Å². The fourth-order valence-corrected chi connectivity index (χ4v) is 3.57. The summed E-state index contributed by atoms with van der Waals surface area (Å²) in [5.74, 6) is 1.33. The Morgan fingerprint density at radius 2 is 2.05 bits per heavy atom. The van der Waals surface area contributed by atoms with Gasteiger partial charge in [0.25, 0.3) is 5.91 Å². The van der Waals surface area contributed by atoms with Gasteiger partial charge in [-0.15, -0.1) is 0 Å². The van der Waals surface area contributed by atoms with E-state index in [1.54, 1.807) is 31.2 Å². The molecule has 1 heterocycles.